The molecule has 0 radical (unpaired) electrons. The molecule has 110 valence electrons. The minimum atomic E-state index is 0.0727. The van der Waals surface area contributed by atoms with Crippen LogP contribution in [0.25, 0.3) is 0 Å². The van der Waals surface area contributed by atoms with E-state index in [0.29, 0.717) is 12.6 Å². The van der Waals surface area contributed by atoms with Gasteiger partial charge in [-0.3, -0.25) is 9.78 Å². The van der Waals surface area contributed by atoms with Crippen LogP contribution < -0.4 is 0 Å². The Morgan fingerprint density at radius 2 is 2.29 bits per heavy atom. The number of rotatable bonds is 5. The zero-order valence-electron chi connectivity index (χ0n) is 12.0. The van der Waals surface area contributed by atoms with Gasteiger partial charge in [-0.25, -0.2) is 0 Å². The van der Waals surface area contributed by atoms with Crippen LogP contribution in [0, 0.1) is 0 Å². The van der Waals surface area contributed by atoms with Crippen LogP contribution in [0.5, 0.6) is 0 Å². The molecular formula is C16H18BrN3O. The lowest BCUT2D eigenvalue weighted by Crippen LogP contribution is -2.30. The number of aromatic nitrogens is 2. The Morgan fingerprint density at radius 3 is 2.95 bits per heavy atom. The zero-order valence-corrected chi connectivity index (χ0v) is 13.6. The first kappa shape index (κ1) is 14.3. The van der Waals surface area contributed by atoms with E-state index >= 15 is 0 Å². The van der Waals surface area contributed by atoms with Gasteiger partial charge >= 0.3 is 0 Å². The third kappa shape index (κ3) is 3.35. The molecule has 0 saturated heterocycles. The Balaban J connectivity index is 1.67. The van der Waals surface area contributed by atoms with Crippen molar-refractivity contribution < 1.29 is 4.79 Å². The van der Waals surface area contributed by atoms with Crippen LogP contribution in [0.3, 0.4) is 0 Å². The highest BCUT2D eigenvalue weighted by Gasteiger charge is 2.28. The van der Waals surface area contributed by atoms with E-state index < -0.39 is 0 Å². The molecule has 2 aromatic heterocycles. The number of amides is 1. The number of hydrogen-bond acceptors (Lipinski definition) is 2. The summed E-state index contributed by atoms with van der Waals surface area (Å²) in [4.78, 5) is 18.7. The second-order valence-electron chi connectivity index (χ2n) is 5.48. The van der Waals surface area contributed by atoms with Crippen LogP contribution in [0.2, 0.25) is 0 Å². The first-order valence-electron chi connectivity index (χ1n) is 7.18. The second kappa shape index (κ2) is 6.02. The van der Waals surface area contributed by atoms with E-state index in [2.05, 4.69) is 25.5 Å². The van der Waals surface area contributed by atoms with Crippen LogP contribution >= 0.6 is 15.9 Å². The predicted octanol–water partition coefficient (Wildman–Crippen LogP) is 3.30. The lowest BCUT2D eigenvalue weighted by Gasteiger charge is -2.18. The number of likely N-dealkylation sites (N-methyl/N-ethyl adjacent to an activating group) is 1. The maximum absolute atomic E-state index is 12.6. The Hall–Kier alpha value is -1.62. The van der Waals surface area contributed by atoms with Gasteiger partial charge in [0, 0.05) is 48.6 Å². The molecule has 0 bridgehead atoms. The molecule has 0 spiro atoms. The summed E-state index contributed by atoms with van der Waals surface area (Å²) in [6.45, 7) is 0.670. The molecule has 5 heteroatoms. The smallest absolute Gasteiger partial charge is 0.270 e. The van der Waals surface area contributed by atoms with Crippen molar-refractivity contribution in [1.29, 1.82) is 0 Å². The van der Waals surface area contributed by atoms with Gasteiger partial charge in [0.25, 0.3) is 5.91 Å². The third-order valence-corrected chi connectivity index (χ3v) is 4.18. The van der Waals surface area contributed by atoms with Crippen molar-refractivity contribution in [2.75, 3.05) is 13.6 Å². The van der Waals surface area contributed by atoms with Gasteiger partial charge in [-0.05, 0) is 47.0 Å². The van der Waals surface area contributed by atoms with E-state index in [-0.39, 0.29) is 5.91 Å². The minimum absolute atomic E-state index is 0.0727. The minimum Gasteiger partial charge on any atom is -0.340 e. The molecular weight excluding hydrogens is 330 g/mol. The van der Waals surface area contributed by atoms with Gasteiger partial charge in [0.15, 0.2) is 0 Å². The van der Waals surface area contributed by atoms with Crippen LogP contribution in [0.15, 0.2) is 41.1 Å². The van der Waals surface area contributed by atoms with Crippen LogP contribution in [-0.4, -0.2) is 34.0 Å². The standard InChI is InChI=1S/C16H18BrN3O/c1-19(9-7-13-4-2-3-8-18-13)16(21)15-10-12(17)11-20(15)14-5-6-14/h2-4,8,10-11,14H,5-7,9H2,1H3. The van der Waals surface area contributed by atoms with Crippen molar-refractivity contribution >= 4 is 21.8 Å². The van der Waals surface area contributed by atoms with Gasteiger partial charge in [0.05, 0.1) is 0 Å². The molecule has 0 aliphatic heterocycles. The van der Waals surface area contributed by atoms with Crippen LogP contribution in [-0.2, 0) is 6.42 Å². The van der Waals surface area contributed by atoms with E-state index in [1.54, 1.807) is 11.1 Å². The van der Waals surface area contributed by atoms with Crippen molar-refractivity contribution in [3.63, 3.8) is 0 Å². The monoisotopic (exact) mass is 347 g/mol. The fourth-order valence-electron chi connectivity index (χ4n) is 2.40. The lowest BCUT2D eigenvalue weighted by molar-refractivity contribution is 0.0785. The van der Waals surface area contributed by atoms with Crippen LogP contribution in [0.1, 0.15) is 35.1 Å². The van der Waals surface area contributed by atoms with E-state index in [9.17, 15) is 4.79 Å². The van der Waals surface area contributed by atoms with Gasteiger partial charge in [0.1, 0.15) is 5.69 Å². The number of hydrogen-bond donors (Lipinski definition) is 0. The number of halogens is 1. The number of carbonyl (C=O) groups is 1. The van der Waals surface area contributed by atoms with Gasteiger partial charge < -0.3 is 9.47 Å². The summed E-state index contributed by atoms with van der Waals surface area (Å²) in [5.41, 5.74) is 1.78. The number of pyridine rings is 1. The van der Waals surface area contributed by atoms with Crippen molar-refractivity contribution in [2.45, 2.75) is 25.3 Å². The highest BCUT2D eigenvalue weighted by atomic mass is 79.9. The molecule has 2 aromatic rings. The molecule has 2 heterocycles. The Morgan fingerprint density at radius 1 is 1.48 bits per heavy atom. The molecule has 0 unspecified atom stereocenters. The van der Waals surface area contributed by atoms with Crippen molar-refractivity contribution in [1.82, 2.24) is 14.5 Å². The molecule has 1 aliphatic rings. The molecule has 0 N–H and O–H groups in total. The number of nitrogens with zero attached hydrogens (tertiary/aromatic N) is 3. The number of carbonyl (C=O) groups excluding carboxylic acids is 1. The lowest BCUT2D eigenvalue weighted by atomic mass is 10.2. The molecule has 1 amide bonds. The Bertz CT molecular complexity index is 634. The fourth-order valence-corrected chi connectivity index (χ4v) is 2.83. The zero-order chi connectivity index (χ0) is 14.8. The van der Waals surface area contributed by atoms with Gasteiger partial charge in [-0.15, -0.1) is 0 Å². The largest absolute Gasteiger partial charge is 0.340 e. The normalized spacial score (nSPS) is 14.2. The summed E-state index contributed by atoms with van der Waals surface area (Å²) in [6.07, 6.45) is 6.90. The topological polar surface area (TPSA) is 38.1 Å². The Kier molecular flexibility index (Phi) is 4.10. The van der Waals surface area contributed by atoms with Crippen molar-refractivity contribution in [2.24, 2.45) is 0 Å². The fraction of sp³-hybridized carbons (Fsp3) is 0.375. The predicted molar refractivity (Wildman–Crippen MR) is 85.3 cm³/mol. The summed E-state index contributed by atoms with van der Waals surface area (Å²) in [5.74, 6) is 0.0727. The maximum atomic E-state index is 12.6. The average Bonchev–Trinajstić information content (AvgIpc) is 3.27. The van der Waals surface area contributed by atoms with E-state index in [1.807, 2.05) is 37.5 Å². The first-order valence-corrected chi connectivity index (χ1v) is 7.97. The summed E-state index contributed by atoms with van der Waals surface area (Å²) in [7, 11) is 1.85. The van der Waals surface area contributed by atoms with E-state index in [4.69, 9.17) is 0 Å². The summed E-state index contributed by atoms with van der Waals surface area (Å²) in [5, 5.41) is 0. The molecule has 0 aromatic carbocycles. The van der Waals surface area contributed by atoms with E-state index in [0.717, 1.165) is 22.3 Å². The summed E-state index contributed by atoms with van der Waals surface area (Å²) < 4.78 is 3.07. The first-order chi connectivity index (χ1) is 10.1. The molecule has 21 heavy (non-hydrogen) atoms. The SMILES string of the molecule is CN(CCc1ccccn1)C(=O)c1cc(Br)cn1C1CC1. The molecule has 3 rings (SSSR count). The second-order valence-corrected chi connectivity index (χ2v) is 6.40. The van der Waals surface area contributed by atoms with Crippen molar-refractivity contribution in [3.05, 3.63) is 52.5 Å². The van der Waals surface area contributed by atoms with E-state index in [1.165, 1.54) is 12.8 Å². The highest BCUT2D eigenvalue weighted by molar-refractivity contribution is 9.10. The van der Waals surface area contributed by atoms with Crippen molar-refractivity contribution in [3.8, 4) is 0 Å². The quantitative estimate of drug-likeness (QED) is 0.832. The molecule has 1 saturated carbocycles. The third-order valence-electron chi connectivity index (χ3n) is 3.75. The molecule has 4 nitrogen and oxygen atoms in total. The summed E-state index contributed by atoms with van der Waals surface area (Å²) in [6, 6.07) is 8.27. The summed E-state index contributed by atoms with van der Waals surface area (Å²) >= 11 is 3.47. The maximum Gasteiger partial charge on any atom is 0.270 e. The van der Waals surface area contributed by atoms with Gasteiger partial charge in [-0.1, -0.05) is 6.07 Å². The van der Waals surface area contributed by atoms with Gasteiger partial charge in [0.2, 0.25) is 0 Å². The Labute approximate surface area is 132 Å². The average molecular weight is 348 g/mol. The molecule has 1 aliphatic carbocycles. The molecule has 0 atom stereocenters. The highest BCUT2D eigenvalue weighted by Crippen LogP contribution is 2.37. The van der Waals surface area contributed by atoms with Crippen LogP contribution in [0.4, 0.5) is 0 Å². The van der Waals surface area contributed by atoms with Gasteiger partial charge in [-0.2, -0.15) is 0 Å². The molecule has 1 fully saturated rings.